The van der Waals surface area contributed by atoms with Crippen molar-refractivity contribution < 1.29 is 4.42 Å². The van der Waals surface area contributed by atoms with E-state index in [0.29, 0.717) is 24.1 Å². The van der Waals surface area contributed by atoms with Gasteiger partial charge in [0.1, 0.15) is 0 Å². The van der Waals surface area contributed by atoms with Crippen molar-refractivity contribution >= 4 is 11.6 Å². The molecule has 0 saturated heterocycles. The molecule has 0 fully saturated rings. The van der Waals surface area contributed by atoms with E-state index in [1.165, 1.54) is 0 Å². The predicted octanol–water partition coefficient (Wildman–Crippen LogP) is 1.92. The Morgan fingerprint density at radius 3 is 2.75 bits per heavy atom. The molecule has 0 saturated carbocycles. The van der Waals surface area contributed by atoms with Crippen LogP contribution in [0.4, 0.5) is 0 Å². The van der Waals surface area contributed by atoms with Gasteiger partial charge in [-0.2, -0.15) is 10.2 Å². The van der Waals surface area contributed by atoms with Crippen molar-refractivity contribution in [3.05, 3.63) is 23.3 Å². The van der Waals surface area contributed by atoms with Crippen LogP contribution >= 0.6 is 11.6 Å². The van der Waals surface area contributed by atoms with Gasteiger partial charge in [0.25, 0.3) is 0 Å². The first-order chi connectivity index (χ1) is 7.70. The van der Waals surface area contributed by atoms with Crippen LogP contribution in [0.5, 0.6) is 0 Å². The second-order valence-corrected chi connectivity index (χ2v) is 3.80. The quantitative estimate of drug-likeness (QED) is 0.765. The number of hydrogen-bond acceptors (Lipinski definition) is 5. The van der Waals surface area contributed by atoms with Crippen molar-refractivity contribution in [2.45, 2.75) is 20.3 Å². The number of hydrogen-bond donors (Lipinski definition) is 0. The molecule has 0 amide bonds. The van der Waals surface area contributed by atoms with Crippen molar-refractivity contribution in [3.63, 3.8) is 0 Å². The number of rotatable bonds is 3. The zero-order valence-corrected chi connectivity index (χ0v) is 9.82. The summed E-state index contributed by atoms with van der Waals surface area (Å²) in [6.45, 7) is 3.72. The molecular formula is C10H11ClN4O. The van der Waals surface area contributed by atoms with E-state index < -0.39 is 0 Å². The molecule has 2 heterocycles. The number of nitrogens with zero attached hydrogens (tertiary/aromatic N) is 4. The van der Waals surface area contributed by atoms with Gasteiger partial charge in [-0.3, -0.25) is 0 Å². The van der Waals surface area contributed by atoms with Gasteiger partial charge >= 0.3 is 0 Å². The number of alkyl halides is 1. The van der Waals surface area contributed by atoms with Gasteiger partial charge in [0, 0.05) is 12.3 Å². The van der Waals surface area contributed by atoms with Crippen molar-refractivity contribution in [2.24, 2.45) is 0 Å². The van der Waals surface area contributed by atoms with Crippen molar-refractivity contribution in [2.75, 3.05) is 5.88 Å². The highest BCUT2D eigenvalue weighted by Gasteiger charge is 2.12. The summed E-state index contributed by atoms with van der Waals surface area (Å²) in [5, 5.41) is 15.8. The highest BCUT2D eigenvalue weighted by molar-refractivity contribution is 6.17. The van der Waals surface area contributed by atoms with Crippen LogP contribution in [0, 0.1) is 13.8 Å². The van der Waals surface area contributed by atoms with Crippen molar-refractivity contribution in [1.29, 1.82) is 0 Å². The third-order valence-electron chi connectivity index (χ3n) is 2.11. The maximum Gasteiger partial charge on any atom is 0.249 e. The summed E-state index contributed by atoms with van der Waals surface area (Å²) in [6, 6.07) is 1.88. The Bertz CT molecular complexity index is 497. The third kappa shape index (κ3) is 2.19. The molecule has 0 spiro atoms. The Hall–Kier alpha value is -1.49. The minimum absolute atomic E-state index is 0.467. The van der Waals surface area contributed by atoms with Crippen LogP contribution in [0.1, 0.15) is 17.3 Å². The molecular weight excluding hydrogens is 228 g/mol. The van der Waals surface area contributed by atoms with Crippen LogP contribution in [0.2, 0.25) is 0 Å². The highest BCUT2D eigenvalue weighted by Crippen LogP contribution is 2.20. The average molecular weight is 239 g/mol. The zero-order chi connectivity index (χ0) is 11.5. The molecule has 84 valence electrons. The third-order valence-corrected chi connectivity index (χ3v) is 2.30. The largest absolute Gasteiger partial charge is 0.421 e. The molecule has 0 aromatic carbocycles. The highest BCUT2D eigenvalue weighted by atomic mass is 35.5. The van der Waals surface area contributed by atoms with E-state index in [1.807, 2.05) is 19.9 Å². The minimum Gasteiger partial charge on any atom is -0.421 e. The molecule has 16 heavy (non-hydrogen) atoms. The lowest BCUT2D eigenvalue weighted by molar-refractivity contribution is 0.513. The average Bonchev–Trinajstić information content (AvgIpc) is 2.71. The molecule has 2 aromatic rings. The van der Waals surface area contributed by atoms with Gasteiger partial charge in [0.2, 0.25) is 11.8 Å². The maximum absolute atomic E-state index is 5.60. The summed E-state index contributed by atoms with van der Waals surface area (Å²) in [4.78, 5) is 0. The lowest BCUT2D eigenvalue weighted by Gasteiger charge is -1.99. The van der Waals surface area contributed by atoms with E-state index in [9.17, 15) is 0 Å². The summed E-state index contributed by atoms with van der Waals surface area (Å²) in [7, 11) is 0. The molecule has 0 aliphatic heterocycles. The standard InChI is InChI=1S/C10H11ClN4O/c1-6-5-8(7(2)13-12-6)10-15-14-9(16-10)3-4-11/h5H,3-4H2,1-2H3. The second kappa shape index (κ2) is 4.57. The van der Waals surface area contributed by atoms with Gasteiger partial charge in [0.15, 0.2) is 0 Å². The van der Waals surface area contributed by atoms with Gasteiger partial charge in [-0.15, -0.1) is 21.8 Å². The van der Waals surface area contributed by atoms with Crippen LogP contribution < -0.4 is 0 Å². The Kier molecular flexibility index (Phi) is 3.14. The van der Waals surface area contributed by atoms with Crippen LogP contribution in [-0.4, -0.2) is 26.3 Å². The van der Waals surface area contributed by atoms with Gasteiger partial charge in [-0.25, -0.2) is 0 Å². The van der Waals surface area contributed by atoms with Gasteiger partial charge < -0.3 is 4.42 Å². The van der Waals surface area contributed by atoms with E-state index in [4.69, 9.17) is 16.0 Å². The Morgan fingerprint density at radius 2 is 2.00 bits per heavy atom. The number of aromatic nitrogens is 4. The van der Waals surface area contributed by atoms with Crippen LogP contribution in [0.3, 0.4) is 0 Å². The molecule has 2 rings (SSSR count). The minimum atomic E-state index is 0.467. The summed E-state index contributed by atoms with van der Waals surface area (Å²) >= 11 is 5.60. The van der Waals surface area contributed by atoms with E-state index >= 15 is 0 Å². The molecule has 6 heteroatoms. The van der Waals surface area contributed by atoms with E-state index in [0.717, 1.165) is 17.0 Å². The molecule has 5 nitrogen and oxygen atoms in total. The molecule has 2 aromatic heterocycles. The second-order valence-electron chi connectivity index (χ2n) is 3.42. The van der Waals surface area contributed by atoms with Crippen LogP contribution in [0.25, 0.3) is 11.5 Å². The summed E-state index contributed by atoms with van der Waals surface area (Å²) < 4.78 is 5.47. The molecule has 0 aliphatic rings. The molecule has 0 unspecified atom stereocenters. The normalized spacial score (nSPS) is 10.7. The fourth-order valence-electron chi connectivity index (χ4n) is 1.31. The summed E-state index contributed by atoms with van der Waals surface area (Å²) in [5.41, 5.74) is 2.41. The SMILES string of the molecule is Cc1cc(-c2nnc(CCCl)o2)c(C)nn1. The Morgan fingerprint density at radius 1 is 1.19 bits per heavy atom. The van der Waals surface area contributed by atoms with E-state index in [-0.39, 0.29) is 0 Å². The van der Waals surface area contributed by atoms with Gasteiger partial charge in [-0.05, 0) is 19.9 Å². The first-order valence-corrected chi connectivity index (χ1v) is 5.44. The topological polar surface area (TPSA) is 64.7 Å². The monoisotopic (exact) mass is 238 g/mol. The molecule has 0 aliphatic carbocycles. The number of aryl methyl sites for hydroxylation is 3. The van der Waals surface area contributed by atoms with E-state index in [2.05, 4.69) is 20.4 Å². The first-order valence-electron chi connectivity index (χ1n) is 4.90. The van der Waals surface area contributed by atoms with Crippen LogP contribution in [-0.2, 0) is 6.42 Å². The van der Waals surface area contributed by atoms with E-state index in [1.54, 1.807) is 0 Å². The maximum atomic E-state index is 5.60. The summed E-state index contributed by atoms with van der Waals surface area (Å²) in [5.74, 6) is 1.48. The fraction of sp³-hybridized carbons (Fsp3) is 0.400. The van der Waals surface area contributed by atoms with Gasteiger partial charge in [0.05, 0.1) is 17.0 Å². The fourth-order valence-corrected chi connectivity index (χ4v) is 1.47. The molecule has 0 atom stereocenters. The van der Waals surface area contributed by atoms with Gasteiger partial charge in [-0.1, -0.05) is 0 Å². The lowest BCUT2D eigenvalue weighted by atomic mass is 10.2. The van der Waals surface area contributed by atoms with Crippen molar-refractivity contribution in [3.8, 4) is 11.5 Å². The predicted molar refractivity (Wildman–Crippen MR) is 59.2 cm³/mol. The first kappa shape index (κ1) is 11.0. The smallest absolute Gasteiger partial charge is 0.249 e. The lowest BCUT2D eigenvalue weighted by Crippen LogP contribution is -1.93. The van der Waals surface area contributed by atoms with Crippen molar-refractivity contribution in [1.82, 2.24) is 20.4 Å². The Labute approximate surface area is 97.9 Å². The zero-order valence-electron chi connectivity index (χ0n) is 9.07. The molecule has 0 radical (unpaired) electrons. The molecule has 0 N–H and O–H groups in total. The van der Waals surface area contributed by atoms with Crippen LogP contribution in [0.15, 0.2) is 10.5 Å². The molecule has 0 bridgehead atoms. The number of halogens is 1. The summed E-state index contributed by atoms with van der Waals surface area (Å²) in [6.07, 6.45) is 0.575. The Balaban J connectivity index is 2.38.